The van der Waals surface area contributed by atoms with E-state index in [4.69, 9.17) is 17.3 Å². The number of amides is 1. The van der Waals surface area contributed by atoms with Gasteiger partial charge in [0.15, 0.2) is 0 Å². The number of carbonyl (C=O) groups is 1. The van der Waals surface area contributed by atoms with Gasteiger partial charge in [0, 0.05) is 30.1 Å². The first kappa shape index (κ1) is 16.0. The van der Waals surface area contributed by atoms with Crippen molar-refractivity contribution in [3.05, 3.63) is 70.7 Å². The van der Waals surface area contributed by atoms with Gasteiger partial charge in [-0.25, -0.2) is 0 Å². The van der Waals surface area contributed by atoms with Gasteiger partial charge in [0.05, 0.1) is 5.92 Å². The van der Waals surface area contributed by atoms with Gasteiger partial charge in [-0.1, -0.05) is 54.1 Å². The van der Waals surface area contributed by atoms with E-state index in [1.807, 2.05) is 54.3 Å². The molecular formula is C19H21ClN2O. The summed E-state index contributed by atoms with van der Waals surface area (Å²) in [5.41, 5.74) is 8.43. The lowest BCUT2D eigenvalue weighted by molar-refractivity contribution is -0.131. The number of nitrogens with zero attached hydrogens (tertiary/aromatic N) is 1. The van der Waals surface area contributed by atoms with Gasteiger partial charge in [-0.05, 0) is 30.2 Å². The van der Waals surface area contributed by atoms with Crippen LogP contribution in [0.15, 0.2) is 54.6 Å². The Morgan fingerprint density at radius 3 is 2.61 bits per heavy atom. The number of carbonyl (C=O) groups excluding carboxylic acids is 1. The van der Waals surface area contributed by atoms with Crippen molar-refractivity contribution in [1.29, 1.82) is 0 Å². The van der Waals surface area contributed by atoms with Gasteiger partial charge in [0.2, 0.25) is 5.91 Å². The molecule has 1 fully saturated rings. The van der Waals surface area contributed by atoms with E-state index in [-0.39, 0.29) is 23.8 Å². The second-order valence-electron chi connectivity index (χ2n) is 6.20. The van der Waals surface area contributed by atoms with Crippen molar-refractivity contribution in [2.45, 2.75) is 24.8 Å². The molecule has 3 rings (SSSR count). The maximum absolute atomic E-state index is 12.8. The molecule has 1 aliphatic heterocycles. The van der Waals surface area contributed by atoms with Gasteiger partial charge >= 0.3 is 0 Å². The minimum absolute atomic E-state index is 0.0205. The van der Waals surface area contributed by atoms with Crippen LogP contribution in [0.3, 0.4) is 0 Å². The van der Waals surface area contributed by atoms with Gasteiger partial charge in [0.1, 0.15) is 0 Å². The van der Waals surface area contributed by atoms with Crippen LogP contribution in [0.2, 0.25) is 5.02 Å². The molecule has 2 aromatic rings. The third-order valence-electron chi connectivity index (χ3n) is 4.62. The van der Waals surface area contributed by atoms with E-state index in [0.717, 1.165) is 5.56 Å². The second kappa shape index (κ2) is 6.73. The fraction of sp³-hybridized carbons (Fsp3) is 0.316. The van der Waals surface area contributed by atoms with Gasteiger partial charge in [-0.2, -0.15) is 0 Å². The van der Waals surface area contributed by atoms with Crippen LogP contribution in [-0.2, 0) is 4.79 Å². The molecule has 0 saturated carbocycles. The SMILES string of the molecule is CC(C(=O)N1C[C@@H](N)[C@H](c2ccccc2)C1)c1cccc(Cl)c1. The minimum Gasteiger partial charge on any atom is -0.340 e. The van der Waals surface area contributed by atoms with E-state index in [2.05, 4.69) is 12.1 Å². The Balaban J connectivity index is 1.74. The lowest BCUT2D eigenvalue weighted by atomic mass is 9.95. The van der Waals surface area contributed by atoms with Crippen LogP contribution in [0.5, 0.6) is 0 Å². The van der Waals surface area contributed by atoms with E-state index in [9.17, 15) is 4.79 Å². The summed E-state index contributed by atoms with van der Waals surface area (Å²) in [7, 11) is 0. The molecular weight excluding hydrogens is 308 g/mol. The van der Waals surface area contributed by atoms with Crippen LogP contribution < -0.4 is 5.73 Å². The monoisotopic (exact) mass is 328 g/mol. The second-order valence-corrected chi connectivity index (χ2v) is 6.64. The Morgan fingerprint density at radius 2 is 1.91 bits per heavy atom. The summed E-state index contributed by atoms with van der Waals surface area (Å²) in [4.78, 5) is 14.7. The van der Waals surface area contributed by atoms with E-state index >= 15 is 0 Å². The van der Waals surface area contributed by atoms with Crippen LogP contribution >= 0.6 is 11.6 Å². The highest BCUT2D eigenvalue weighted by Crippen LogP contribution is 2.29. The van der Waals surface area contributed by atoms with E-state index in [1.165, 1.54) is 5.56 Å². The Labute approximate surface area is 142 Å². The number of rotatable bonds is 3. The van der Waals surface area contributed by atoms with Crippen LogP contribution in [0, 0.1) is 0 Å². The molecule has 120 valence electrons. The molecule has 2 aromatic carbocycles. The summed E-state index contributed by atoms with van der Waals surface area (Å²) in [6.45, 7) is 3.20. The highest BCUT2D eigenvalue weighted by molar-refractivity contribution is 6.30. The average Bonchev–Trinajstić information content (AvgIpc) is 2.96. The fourth-order valence-corrected chi connectivity index (χ4v) is 3.45. The number of likely N-dealkylation sites (tertiary alicyclic amines) is 1. The van der Waals surface area contributed by atoms with E-state index < -0.39 is 0 Å². The Morgan fingerprint density at radius 1 is 1.17 bits per heavy atom. The summed E-state index contributed by atoms with van der Waals surface area (Å²) in [5, 5.41) is 0.655. The molecule has 23 heavy (non-hydrogen) atoms. The Bertz CT molecular complexity index is 689. The van der Waals surface area contributed by atoms with Crippen molar-refractivity contribution in [2.75, 3.05) is 13.1 Å². The van der Waals surface area contributed by atoms with Crippen LogP contribution in [-0.4, -0.2) is 29.9 Å². The molecule has 0 spiro atoms. The first-order chi connectivity index (χ1) is 11.1. The molecule has 3 nitrogen and oxygen atoms in total. The predicted octanol–water partition coefficient (Wildman–Crippen LogP) is 3.40. The standard InChI is InChI=1S/C19H21ClN2O/c1-13(15-8-5-9-16(20)10-15)19(23)22-11-17(18(21)12-22)14-6-3-2-4-7-14/h2-10,13,17-18H,11-12,21H2,1H3/t13?,17-,18+/m0/s1. The summed E-state index contributed by atoms with van der Waals surface area (Å²) >= 11 is 6.03. The van der Waals surface area contributed by atoms with Crippen LogP contribution in [0.1, 0.15) is 29.9 Å². The first-order valence-electron chi connectivity index (χ1n) is 7.91. The molecule has 0 radical (unpaired) electrons. The minimum atomic E-state index is -0.213. The normalized spacial score (nSPS) is 22.1. The van der Waals surface area contributed by atoms with Crippen molar-refractivity contribution in [2.24, 2.45) is 5.73 Å². The summed E-state index contributed by atoms with van der Waals surface area (Å²) in [5.74, 6) is 0.100. The van der Waals surface area contributed by atoms with Gasteiger partial charge < -0.3 is 10.6 Å². The zero-order valence-electron chi connectivity index (χ0n) is 13.2. The van der Waals surface area contributed by atoms with Crippen molar-refractivity contribution < 1.29 is 4.79 Å². The molecule has 0 bridgehead atoms. The molecule has 2 N–H and O–H groups in total. The van der Waals surface area contributed by atoms with E-state index in [0.29, 0.717) is 18.1 Å². The summed E-state index contributed by atoms with van der Waals surface area (Å²) < 4.78 is 0. The number of halogens is 1. The first-order valence-corrected chi connectivity index (χ1v) is 8.29. The molecule has 1 heterocycles. The fourth-order valence-electron chi connectivity index (χ4n) is 3.25. The van der Waals surface area contributed by atoms with Crippen LogP contribution in [0.25, 0.3) is 0 Å². The molecule has 1 unspecified atom stereocenters. The topological polar surface area (TPSA) is 46.3 Å². The highest BCUT2D eigenvalue weighted by atomic mass is 35.5. The maximum Gasteiger partial charge on any atom is 0.229 e. The number of nitrogens with two attached hydrogens (primary N) is 1. The number of hydrogen-bond acceptors (Lipinski definition) is 2. The highest BCUT2D eigenvalue weighted by Gasteiger charge is 2.35. The molecule has 0 aliphatic carbocycles. The third-order valence-corrected chi connectivity index (χ3v) is 4.86. The predicted molar refractivity (Wildman–Crippen MR) is 93.6 cm³/mol. The largest absolute Gasteiger partial charge is 0.340 e. The Kier molecular flexibility index (Phi) is 4.69. The molecule has 1 saturated heterocycles. The lowest BCUT2D eigenvalue weighted by Gasteiger charge is -2.21. The summed E-state index contributed by atoms with van der Waals surface area (Å²) in [6, 6.07) is 17.7. The van der Waals surface area contributed by atoms with Crippen molar-refractivity contribution in [3.63, 3.8) is 0 Å². The van der Waals surface area contributed by atoms with Crippen molar-refractivity contribution in [3.8, 4) is 0 Å². The molecule has 3 atom stereocenters. The third kappa shape index (κ3) is 3.41. The number of hydrogen-bond donors (Lipinski definition) is 1. The quantitative estimate of drug-likeness (QED) is 0.938. The molecule has 4 heteroatoms. The van der Waals surface area contributed by atoms with Gasteiger partial charge in [0.25, 0.3) is 0 Å². The molecule has 0 aromatic heterocycles. The maximum atomic E-state index is 12.8. The smallest absolute Gasteiger partial charge is 0.229 e. The average molecular weight is 329 g/mol. The Hall–Kier alpha value is -1.84. The van der Waals surface area contributed by atoms with Crippen molar-refractivity contribution in [1.82, 2.24) is 4.90 Å². The number of benzene rings is 2. The zero-order valence-corrected chi connectivity index (χ0v) is 13.9. The summed E-state index contributed by atoms with van der Waals surface area (Å²) in [6.07, 6.45) is 0. The van der Waals surface area contributed by atoms with Crippen LogP contribution in [0.4, 0.5) is 0 Å². The zero-order chi connectivity index (χ0) is 16.4. The van der Waals surface area contributed by atoms with Gasteiger partial charge in [-0.15, -0.1) is 0 Å². The molecule has 1 aliphatic rings. The van der Waals surface area contributed by atoms with Crippen molar-refractivity contribution >= 4 is 17.5 Å². The van der Waals surface area contributed by atoms with Gasteiger partial charge in [-0.3, -0.25) is 4.79 Å². The lowest BCUT2D eigenvalue weighted by Crippen LogP contribution is -2.34. The molecule has 1 amide bonds. The van der Waals surface area contributed by atoms with E-state index in [1.54, 1.807) is 0 Å².